The van der Waals surface area contributed by atoms with Gasteiger partial charge in [-0.3, -0.25) is 19.1 Å². The number of carbonyl (C=O) groups excluding carboxylic acids is 1. The van der Waals surface area contributed by atoms with Gasteiger partial charge in [0.2, 0.25) is 0 Å². The molecular weight excluding hydrogens is 458 g/mol. The van der Waals surface area contributed by atoms with Gasteiger partial charge in [0.25, 0.3) is 11.5 Å². The lowest BCUT2D eigenvalue weighted by Gasteiger charge is -2.34. The number of hydrogen-bond donors (Lipinski definition) is 1. The van der Waals surface area contributed by atoms with E-state index in [1.165, 1.54) is 16.9 Å². The molecule has 8 heteroatoms. The van der Waals surface area contributed by atoms with Crippen molar-refractivity contribution in [3.05, 3.63) is 62.5 Å². The first kappa shape index (κ1) is 24.2. The minimum absolute atomic E-state index is 0.0195. The average Bonchev–Trinajstić information content (AvgIpc) is 3.03. The lowest BCUT2D eigenvalue weighted by Crippen LogP contribution is -2.46. The highest BCUT2D eigenvalue weighted by molar-refractivity contribution is 7.20. The number of nitrogens with one attached hydrogen (secondary N) is 1. The van der Waals surface area contributed by atoms with Crippen LogP contribution in [0.5, 0.6) is 0 Å². The first-order valence-electron chi connectivity index (χ1n) is 12.9. The quantitative estimate of drug-likeness (QED) is 0.511. The predicted octanol–water partition coefficient (Wildman–Crippen LogP) is 3.43. The van der Waals surface area contributed by atoms with Crippen LogP contribution in [-0.2, 0) is 19.5 Å². The molecule has 35 heavy (non-hydrogen) atoms. The van der Waals surface area contributed by atoms with Crippen LogP contribution in [0.3, 0.4) is 0 Å². The molecule has 2 aliphatic heterocycles. The Morgan fingerprint density at radius 1 is 1.03 bits per heavy atom. The topological polar surface area (TPSA) is 70.5 Å². The van der Waals surface area contributed by atoms with Gasteiger partial charge in [0.15, 0.2) is 0 Å². The maximum atomic E-state index is 13.1. The van der Waals surface area contributed by atoms with E-state index in [-0.39, 0.29) is 11.5 Å². The molecule has 3 aromatic rings. The van der Waals surface area contributed by atoms with Gasteiger partial charge in [0.1, 0.15) is 10.7 Å². The number of amides is 1. The minimum atomic E-state index is -0.0854. The fourth-order valence-electron chi connectivity index (χ4n) is 5.22. The summed E-state index contributed by atoms with van der Waals surface area (Å²) in [6, 6.07) is 10.6. The standard InChI is InChI=1S/C27H35N5O2S/c1-20-23-26(29-22-11-6-3-7-14-32(22)27(23)34)35-24(20)25(33)28-12-8-13-30-15-17-31(18-16-30)19-21-9-4-2-5-10-21/h2,4-5,9-10H,3,6-8,11-19H2,1H3,(H,28,33). The fourth-order valence-corrected chi connectivity index (χ4v) is 6.33. The summed E-state index contributed by atoms with van der Waals surface area (Å²) in [5, 5.41) is 3.70. The van der Waals surface area contributed by atoms with Crippen LogP contribution >= 0.6 is 11.3 Å². The summed E-state index contributed by atoms with van der Waals surface area (Å²) < 4.78 is 1.83. The van der Waals surface area contributed by atoms with Gasteiger partial charge in [0, 0.05) is 52.2 Å². The van der Waals surface area contributed by atoms with Crippen molar-refractivity contribution in [3.8, 4) is 0 Å². The van der Waals surface area contributed by atoms with E-state index in [2.05, 4.69) is 45.4 Å². The van der Waals surface area contributed by atoms with Crippen LogP contribution in [0.25, 0.3) is 10.2 Å². The molecular formula is C27H35N5O2S. The summed E-state index contributed by atoms with van der Waals surface area (Å²) in [7, 11) is 0. The summed E-state index contributed by atoms with van der Waals surface area (Å²) in [6.07, 6.45) is 4.97. The minimum Gasteiger partial charge on any atom is -0.351 e. The first-order chi connectivity index (χ1) is 17.1. The van der Waals surface area contributed by atoms with Crippen LogP contribution in [0.2, 0.25) is 0 Å². The van der Waals surface area contributed by atoms with Crippen LogP contribution in [-0.4, -0.2) is 64.5 Å². The maximum Gasteiger partial charge on any atom is 0.262 e. The van der Waals surface area contributed by atoms with Crippen molar-refractivity contribution in [2.45, 2.75) is 52.1 Å². The maximum absolute atomic E-state index is 13.1. The largest absolute Gasteiger partial charge is 0.351 e. The van der Waals surface area contributed by atoms with Gasteiger partial charge in [-0.05, 0) is 43.9 Å². The molecule has 0 bridgehead atoms. The van der Waals surface area contributed by atoms with Crippen molar-refractivity contribution < 1.29 is 4.79 Å². The van der Waals surface area contributed by atoms with E-state index in [0.717, 1.165) is 89.3 Å². The molecule has 0 atom stereocenters. The molecule has 1 aromatic carbocycles. The highest BCUT2D eigenvalue weighted by Crippen LogP contribution is 2.28. The molecule has 2 aromatic heterocycles. The van der Waals surface area contributed by atoms with Crippen LogP contribution in [0.4, 0.5) is 0 Å². The van der Waals surface area contributed by atoms with Gasteiger partial charge < -0.3 is 10.2 Å². The van der Waals surface area contributed by atoms with Gasteiger partial charge in [-0.2, -0.15) is 0 Å². The van der Waals surface area contributed by atoms with Crippen LogP contribution < -0.4 is 10.9 Å². The van der Waals surface area contributed by atoms with Crippen molar-refractivity contribution in [1.29, 1.82) is 0 Å². The molecule has 5 rings (SSSR count). The van der Waals surface area contributed by atoms with E-state index in [1.807, 2.05) is 11.5 Å². The third-order valence-corrected chi connectivity index (χ3v) is 8.45. The number of fused-ring (bicyclic) bond motifs is 2. The second-order valence-corrected chi connectivity index (χ2v) is 10.7. The summed E-state index contributed by atoms with van der Waals surface area (Å²) in [5.74, 6) is 0.787. The van der Waals surface area contributed by atoms with Crippen molar-refractivity contribution in [2.24, 2.45) is 0 Å². The molecule has 186 valence electrons. The highest BCUT2D eigenvalue weighted by atomic mass is 32.1. The number of piperazine rings is 1. The number of thiophene rings is 1. The Bertz CT molecular complexity index is 1230. The lowest BCUT2D eigenvalue weighted by atomic mass is 10.2. The summed E-state index contributed by atoms with van der Waals surface area (Å²) in [4.78, 5) is 37.2. The SMILES string of the molecule is Cc1c(C(=O)NCCCN2CCN(Cc3ccccc3)CC2)sc2nc3n(c(=O)c12)CCCCC3. The summed E-state index contributed by atoms with van der Waals surface area (Å²) >= 11 is 1.36. The molecule has 2 aliphatic rings. The molecule has 0 spiro atoms. The number of aryl methyl sites for hydroxylation is 2. The van der Waals surface area contributed by atoms with Crippen molar-refractivity contribution >= 4 is 27.5 Å². The molecule has 4 heterocycles. The Kier molecular flexibility index (Phi) is 7.60. The van der Waals surface area contributed by atoms with Gasteiger partial charge in [0.05, 0.1) is 10.3 Å². The second-order valence-electron chi connectivity index (χ2n) is 9.74. The molecule has 1 saturated heterocycles. The summed E-state index contributed by atoms with van der Waals surface area (Å²) in [6.45, 7) is 9.54. The molecule has 0 radical (unpaired) electrons. The molecule has 0 aliphatic carbocycles. The van der Waals surface area contributed by atoms with Crippen molar-refractivity contribution in [2.75, 3.05) is 39.3 Å². The zero-order valence-electron chi connectivity index (χ0n) is 20.6. The Morgan fingerprint density at radius 3 is 2.60 bits per heavy atom. The fraction of sp³-hybridized carbons (Fsp3) is 0.519. The van der Waals surface area contributed by atoms with Gasteiger partial charge in [-0.15, -0.1) is 11.3 Å². The Morgan fingerprint density at radius 2 is 1.80 bits per heavy atom. The molecule has 1 amide bonds. The van der Waals surface area contributed by atoms with Crippen LogP contribution in [0, 0.1) is 6.92 Å². The van der Waals surface area contributed by atoms with E-state index in [0.29, 0.717) is 21.6 Å². The van der Waals surface area contributed by atoms with Gasteiger partial charge >= 0.3 is 0 Å². The van der Waals surface area contributed by atoms with E-state index in [1.54, 1.807) is 0 Å². The van der Waals surface area contributed by atoms with Gasteiger partial charge in [-0.25, -0.2) is 4.98 Å². The normalized spacial score (nSPS) is 17.3. The van der Waals surface area contributed by atoms with Crippen molar-refractivity contribution in [1.82, 2.24) is 24.7 Å². The molecule has 0 unspecified atom stereocenters. The van der Waals surface area contributed by atoms with E-state index >= 15 is 0 Å². The number of benzene rings is 1. The van der Waals surface area contributed by atoms with Crippen LogP contribution in [0.1, 0.15) is 52.3 Å². The van der Waals surface area contributed by atoms with Crippen LogP contribution in [0.15, 0.2) is 35.1 Å². The lowest BCUT2D eigenvalue weighted by molar-refractivity contribution is 0.0950. The number of aromatic nitrogens is 2. The Labute approximate surface area is 210 Å². The van der Waals surface area contributed by atoms with Gasteiger partial charge in [-0.1, -0.05) is 36.8 Å². The highest BCUT2D eigenvalue weighted by Gasteiger charge is 2.22. The zero-order valence-corrected chi connectivity index (χ0v) is 21.4. The molecule has 1 fully saturated rings. The van der Waals surface area contributed by atoms with E-state index in [4.69, 9.17) is 4.98 Å². The zero-order chi connectivity index (χ0) is 24.2. The number of nitrogens with zero attached hydrogens (tertiary/aromatic N) is 4. The molecule has 1 N–H and O–H groups in total. The first-order valence-corrected chi connectivity index (χ1v) is 13.7. The number of rotatable bonds is 7. The average molecular weight is 494 g/mol. The monoisotopic (exact) mass is 493 g/mol. The second kappa shape index (κ2) is 11.0. The Balaban J connectivity index is 1.11. The Hall–Kier alpha value is -2.55. The summed E-state index contributed by atoms with van der Waals surface area (Å²) in [5.41, 5.74) is 2.16. The predicted molar refractivity (Wildman–Crippen MR) is 141 cm³/mol. The van der Waals surface area contributed by atoms with E-state index in [9.17, 15) is 9.59 Å². The number of carbonyl (C=O) groups is 1. The third kappa shape index (κ3) is 5.50. The van der Waals surface area contributed by atoms with Crippen molar-refractivity contribution in [3.63, 3.8) is 0 Å². The van der Waals surface area contributed by atoms with E-state index < -0.39 is 0 Å². The number of hydrogen-bond acceptors (Lipinski definition) is 6. The molecule has 0 saturated carbocycles. The molecule has 7 nitrogen and oxygen atoms in total. The smallest absolute Gasteiger partial charge is 0.262 e. The third-order valence-electron chi connectivity index (χ3n) is 7.27.